The Labute approximate surface area is 88.2 Å². The fourth-order valence-electron chi connectivity index (χ4n) is 1.57. The highest BCUT2D eigenvalue weighted by Gasteiger charge is 2.16. The second kappa shape index (κ2) is 3.81. The van der Waals surface area contributed by atoms with Crippen molar-refractivity contribution in [2.75, 3.05) is 20.3 Å². The van der Waals surface area contributed by atoms with E-state index < -0.39 is 0 Å². The Morgan fingerprint density at radius 3 is 2.47 bits per heavy atom. The van der Waals surface area contributed by atoms with Gasteiger partial charge in [-0.1, -0.05) is 0 Å². The van der Waals surface area contributed by atoms with E-state index in [1.807, 2.05) is 13.0 Å². The van der Waals surface area contributed by atoms with Gasteiger partial charge in [-0.15, -0.1) is 0 Å². The molecule has 0 bridgehead atoms. The van der Waals surface area contributed by atoms with Crippen LogP contribution in [0, 0.1) is 6.92 Å². The minimum Gasteiger partial charge on any atom is -0.486 e. The monoisotopic (exact) mass is 207 g/mol. The SMILES string of the molecule is CNC(=O)c1cc2c(cc1C)OCCO2. The zero-order chi connectivity index (χ0) is 10.8. The third-order valence-electron chi connectivity index (χ3n) is 2.36. The maximum atomic E-state index is 11.5. The number of hydrogen-bond donors (Lipinski definition) is 1. The minimum atomic E-state index is -0.107. The van der Waals surface area contributed by atoms with Crippen LogP contribution in [0.25, 0.3) is 0 Å². The molecule has 0 atom stereocenters. The number of carbonyl (C=O) groups excluding carboxylic acids is 1. The van der Waals surface area contributed by atoms with E-state index in [4.69, 9.17) is 9.47 Å². The zero-order valence-corrected chi connectivity index (χ0v) is 8.79. The number of fused-ring (bicyclic) bond motifs is 1. The summed E-state index contributed by atoms with van der Waals surface area (Å²) in [6, 6.07) is 3.56. The molecule has 0 spiro atoms. The molecule has 0 aromatic heterocycles. The molecule has 0 radical (unpaired) electrons. The van der Waals surface area contributed by atoms with Gasteiger partial charge in [0.25, 0.3) is 5.91 Å². The molecule has 1 N–H and O–H groups in total. The molecule has 1 aromatic rings. The third kappa shape index (κ3) is 1.75. The molecule has 0 saturated carbocycles. The highest BCUT2D eigenvalue weighted by Crippen LogP contribution is 2.32. The zero-order valence-electron chi connectivity index (χ0n) is 8.79. The fraction of sp³-hybridized carbons (Fsp3) is 0.364. The van der Waals surface area contributed by atoms with Crippen molar-refractivity contribution in [2.24, 2.45) is 0 Å². The molecular formula is C11H13NO3. The Morgan fingerprint density at radius 1 is 1.27 bits per heavy atom. The van der Waals surface area contributed by atoms with Gasteiger partial charge in [-0.05, 0) is 24.6 Å². The first-order valence-corrected chi connectivity index (χ1v) is 4.84. The normalized spacial score (nSPS) is 13.5. The largest absolute Gasteiger partial charge is 0.486 e. The molecule has 1 amide bonds. The van der Waals surface area contributed by atoms with Gasteiger partial charge in [-0.25, -0.2) is 0 Å². The summed E-state index contributed by atoms with van der Waals surface area (Å²) in [7, 11) is 1.61. The first kappa shape index (κ1) is 9.83. The van der Waals surface area contributed by atoms with Gasteiger partial charge in [0.2, 0.25) is 0 Å². The van der Waals surface area contributed by atoms with Crippen LogP contribution in [0.1, 0.15) is 15.9 Å². The molecule has 15 heavy (non-hydrogen) atoms. The van der Waals surface area contributed by atoms with Crippen LogP contribution in [0.2, 0.25) is 0 Å². The van der Waals surface area contributed by atoms with Gasteiger partial charge in [-0.3, -0.25) is 4.79 Å². The highest BCUT2D eigenvalue weighted by atomic mass is 16.6. The molecule has 0 aliphatic carbocycles. The van der Waals surface area contributed by atoms with Crippen molar-refractivity contribution in [1.29, 1.82) is 0 Å². The lowest BCUT2D eigenvalue weighted by Crippen LogP contribution is -2.21. The van der Waals surface area contributed by atoms with Crippen LogP contribution in [0.15, 0.2) is 12.1 Å². The molecule has 0 saturated heterocycles. The van der Waals surface area contributed by atoms with E-state index in [0.29, 0.717) is 30.3 Å². The number of amides is 1. The van der Waals surface area contributed by atoms with Crippen LogP contribution in [0.3, 0.4) is 0 Å². The number of aryl methyl sites for hydroxylation is 1. The second-order valence-electron chi connectivity index (χ2n) is 3.39. The van der Waals surface area contributed by atoms with Gasteiger partial charge >= 0.3 is 0 Å². The van der Waals surface area contributed by atoms with E-state index in [-0.39, 0.29) is 5.91 Å². The van der Waals surface area contributed by atoms with Crippen LogP contribution < -0.4 is 14.8 Å². The number of carbonyl (C=O) groups is 1. The number of rotatable bonds is 1. The Hall–Kier alpha value is -1.71. The van der Waals surface area contributed by atoms with E-state index in [2.05, 4.69) is 5.32 Å². The van der Waals surface area contributed by atoms with Crippen molar-refractivity contribution >= 4 is 5.91 Å². The third-order valence-corrected chi connectivity index (χ3v) is 2.36. The molecule has 4 nitrogen and oxygen atoms in total. The van der Waals surface area contributed by atoms with Crippen molar-refractivity contribution in [1.82, 2.24) is 5.32 Å². The summed E-state index contributed by atoms with van der Waals surface area (Å²) in [4.78, 5) is 11.5. The summed E-state index contributed by atoms with van der Waals surface area (Å²) in [6.07, 6.45) is 0. The molecule has 4 heteroatoms. The lowest BCUT2D eigenvalue weighted by Gasteiger charge is -2.19. The van der Waals surface area contributed by atoms with Crippen molar-refractivity contribution < 1.29 is 14.3 Å². The Morgan fingerprint density at radius 2 is 1.87 bits per heavy atom. The predicted molar refractivity (Wildman–Crippen MR) is 55.6 cm³/mol. The predicted octanol–water partition coefficient (Wildman–Crippen LogP) is 1.13. The molecule has 80 valence electrons. The molecule has 0 fully saturated rings. The fourth-order valence-corrected chi connectivity index (χ4v) is 1.57. The highest BCUT2D eigenvalue weighted by molar-refractivity contribution is 5.96. The van der Waals surface area contributed by atoms with E-state index >= 15 is 0 Å². The Bertz CT molecular complexity index is 401. The summed E-state index contributed by atoms with van der Waals surface area (Å²) in [5.74, 6) is 1.25. The van der Waals surface area contributed by atoms with Gasteiger partial charge in [-0.2, -0.15) is 0 Å². The minimum absolute atomic E-state index is 0.107. The van der Waals surface area contributed by atoms with Crippen molar-refractivity contribution in [2.45, 2.75) is 6.92 Å². The molecule has 1 aliphatic rings. The van der Waals surface area contributed by atoms with Crippen LogP contribution >= 0.6 is 0 Å². The maximum absolute atomic E-state index is 11.5. The summed E-state index contributed by atoms with van der Waals surface area (Å²) >= 11 is 0. The smallest absolute Gasteiger partial charge is 0.251 e. The van der Waals surface area contributed by atoms with E-state index in [1.54, 1.807) is 13.1 Å². The summed E-state index contributed by atoms with van der Waals surface area (Å²) < 4.78 is 10.8. The molecule has 1 aliphatic heterocycles. The van der Waals surface area contributed by atoms with Crippen molar-refractivity contribution in [3.8, 4) is 11.5 Å². The molecular weight excluding hydrogens is 194 g/mol. The van der Waals surface area contributed by atoms with E-state index in [1.165, 1.54) is 0 Å². The summed E-state index contributed by atoms with van der Waals surface area (Å²) in [6.45, 7) is 2.97. The van der Waals surface area contributed by atoms with Gasteiger partial charge in [0.15, 0.2) is 11.5 Å². The number of benzene rings is 1. The Balaban J connectivity index is 2.44. The maximum Gasteiger partial charge on any atom is 0.251 e. The average Bonchev–Trinajstić information content (AvgIpc) is 2.27. The van der Waals surface area contributed by atoms with Crippen molar-refractivity contribution in [3.63, 3.8) is 0 Å². The van der Waals surface area contributed by atoms with E-state index in [9.17, 15) is 4.79 Å². The van der Waals surface area contributed by atoms with Crippen LogP contribution in [0.5, 0.6) is 11.5 Å². The number of nitrogens with one attached hydrogen (secondary N) is 1. The topological polar surface area (TPSA) is 47.6 Å². The van der Waals surface area contributed by atoms with Crippen LogP contribution in [0.4, 0.5) is 0 Å². The lowest BCUT2D eigenvalue weighted by atomic mass is 10.1. The molecule has 1 aromatic carbocycles. The quantitative estimate of drug-likeness (QED) is 0.750. The van der Waals surface area contributed by atoms with E-state index in [0.717, 1.165) is 5.56 Å². The average molecular weight is 207 g/mol. The molecule has 2 rings (SSSR count). The number of hydrogen-bond acceptors (Lipinski definition) is 3. The van der Waals surface area contributed by atoms with Crippen LogP contribution in [-0.2, 0) is 0 Å². The summed E-state index contributed by atoms with van der Waals surface area (Å²) in [5.41, 5.74) is 1.51. The standard InChI is InChI=1S/C11H13NO3/c1-7-5-9-10(15-4-3-14-9)6-8(7)11(13)12-2/h5-6H,3-4H2,1-2H3,(H,12,13). The lowest BCUT2D eigenvalue weighted by molar-refractivity contribution is 0.0961. The van der Waals surface area contributed by atoms with Gasteiger partial charge in [0.05, 0.1) is 0 Å². The summed E-state index contributed by atoms with van der Waals surface area (Å²) in [5, 5.41) is 2.59. The van der Waals surface area contributed by atoms with Crippen LogP contribution in [-0.4, -0.2) is 26.2 Å². The van der Waals surface area contributed by atoms with Gasteiger partial charge < -0.3 is 14.8 Å². The number of ether oxygens (including phenoxy) is 2. The first-order chi connectivity index (χ1) is 7.22. The van der Waals surface area contributed by atoms with Gasteiger partial charge in [0.1, 0.15) is 13.2 Å². The van der Waals surface area contributed by atoms with Gasteiger partial charge in [0, 0.05) is 12.6 Å². The molecule has 1 heterocycles. The first-order valence-electron chi connectivity index (χ1n) is 4.84. The molecule has 0 unspecified atom stereocenters. The Kier molecular flexibility index (Phi) is 2.49. The second-order valence-corrected chi connectivity index (χ2v) is 3.39. The van der Waals surface area contributed by atoms with Crippen molar-refractivity contribution in [3.05, 3.63) is 23.3 Å².